The molecule has 3 rings (SSSR count). The number of aldehydes is 1. The Morgan fingerprint density at radius 2 is 2.14 bits per heavy atom. The van der Waals surface area contributed by atoms with Crippen LogP contribution in [-0.2, 0) is 17.8 Å². The zero-order valence-electron chi connectivity index (χ0n) is 12.5. The molecule has 0 atom stereocenters. The van der Waals surface area contributed by atoms with Crippen molar-refractivity contribution in [2.75, 3.05) is 6.54 Å². The molecule has 5 heteroatoms. The molecule has 4 nitrogen and oxygen atoms in total. The number of aryl methyl sites for hydroxylation is 1. The summed E-state index contributed by atoms with van der Waals surface area (Å²) in [6, 6.07) is 5.70. The fourth-order valence-electron chi connectivity index (χ4n) is 2.78. The number of phenols is 1. The molecule has 1 aromatic heterocycles. The summed E-state index contributed by atoms with van der Waals surface area (Å²) in [5.74, 6) is 0.143. The van der Waals surface area contributed by atoms with Gasteiger partial charge in [0, 0.05) is 29.8 Å². The summed E-state index contributed by atoms with van der Waals surface area (Å²) in [5, 5.41) is 9.85. The fourth-order valence-corrected chi connectivity index (χ4v) is 3.93. The van der Waals surface area contributed by atoms with Crippen LogP contribution in [0.3, 0.4) is 0 Å². The molecule has 0 fully saturated rings. The van der Waals surface area contributed by atoms with E-state index in [4.69, 9.17) is 0 Å². The van der Waals surface area contributed by atoms with Crippen LogP contribution in [0.1, 0.15) is 33.3 Å². The van der Waals surface area contributed by atoms with Gasteiger partial charge in [0.2, 0.25) is 5.91 Å². The molecule has 1 N–H and O–H groups in total. The molecule has 1 aliphatic heterocycles. The number of rotatable bonds is 2. The Bertz CT molecular complexity index is 764. The Kier molecular flexibility index (Phi) is 3.74. The molecule has 1 amide bonds. The average Bonchev–Trinajstić information content (AvgIpc) is 2.92. The van der Waals surface area contributed by atoms with E-state index in [1.54, 1.807) is 31.3 Å². The number of benzene rings is 1. The minimum Gasteiger partial charge on any atom is -0.507 e. The van der Waals surface area contributed by atoms with E-state index in [0.717, 1.165) is 23.4 Å². The Morgan fingerprint density at radius 1 is 1.36 bits per heavy atom. The van der Waals surface area contributed by atoms with Gasteiger partial charge in [-0.1, -0.05) is 0 Å². The minimum atomic E-state index is 0.0443. The molecule has 0 unspecified atom stereocenters. The van der Waals surface area contributed by atoms with Crippen LogP contribution in [0, 0.1) is 6.92 Å². The van der Waals surface area contributed by atoms with E-state index < -0.39 is 0 Å². The van der Waals surface area contributed by atoms with Gasteiger partial charge in [-0.3, -0.25) is 9.59 Å². The van der Waals surface area contributed by atoms with Gasteiger partial charge in [0.1, 0.15) is 5.75 Å². The van der Waals surface area contributed by atoms with Gasteiger partial charge in [-0.25, -0.2) is 0 Å². The topological polar surface area (TPSA) is 57.6 Å². The maximum Gasteiger partial charge on any atom is 0.219 e. The van der Waals surface area contributed by atoms with Crippen molar-refractivity contribution in [1.29, 1.82) is 0 Å². The first-order valence-electron chi connectivity index (χ1n) is 7.16. The van der Waals surface area contributed by atoms with Gasteiger partial charge < -0.3 is 10.0 Å². The van der Waals surface area contributed by atoms with Gasteiger partial charge in [0.15, 0.2) is 6.29 Å². The number of thiophene rings is 1. The second-order valence-electron chi connectivity index (χ2n) is 5.60. The maximum atomic E-state index is 11.5. The number of amides is 1. The van der Waals surface area contributed by atoms with Crippen molar-refractivity contribution < 1.29 is 14.7 Å². The molecule has 2 heterocycles. The summed E-state index contributed by atoms with van der Waals surface area (Å²) in [7, 11) is 0. The Morgan fingerprint density at radius 3 is 2.82 bits per heavy atom. The largest absolute Gasteiger partial charge is 0.507 e. The number of aromatic hydroxyl groups is 1. The lowest BCUT2D eigenvalue weighted by atomic mass is 10.0. The van der Waals surface area contributed by atoms with Gasteiger partial charge >= 0.3 is 0 Å². The number of nitrogens with zero attached hydrogens (tertiary/aromatic N) is 1. The fraction of sp³-hybridized carbons (Fsp3) is 0.294. The summed E-state index contributed by atoms with van der Waals surface area (Å²) >= 11 is 1.70. The summed E-state index contributed by atoms with van der Waals surface area (Å²) in [6.07, 6.45) is 1.55. The van der Waals surface area contributed by atoms with E-state index in [1.165, 1.54) is 10.4 Å². The molecular weight excluding hydrogens is 298 g/mol. The van der Waals surface area contributed by atoms with Gasteiger partial charge in [0.25, 0.3) is 0 Å². The highest BCUT2D eigenvalue weighted by Gasteiger charge is 2.21. The Hall–Kier alpha value is -2.14. The maximum absolute atomic E-state index is 11.5. The molecule has 22 heavy (non-hydrogen) atoms. The van der Waals surface area contributed by atoms with Crippen molar-refractivity contribution in [1.82, 2.24) is 4.90 Å². The van der Waals surface area contributed by atoms with E-state index >= 15 is 0 Å². The number of hydrogen-bond donors (Lipinski definition) is 1. The monoisotopic (exact) mass is 315 g/mol. The van der Waals surface area contributed by atoms with Crippen molar-refractivity contribution in [3.63, 3.8) is 0 Å². The molecule has 0 spiro atoms. The first kappa shape index (κ1) is 14.8. The first-order valence-corrected chi connectivity index (χ1v) is 7.97. The Labute approximate surface area is 133 Å². The molecule has 0 saturated carbocycles. The van der Waals surface area contributed by atoms with Crippen molar-refractivity contribution in [2.24, 2.45) is 0 Å². The van der Waals surface area contributed by atoms with E-state index in [9.17, 15) is 14.7 Å². The normalized spacial score (nSPS) is 13.8. The van der Waals surface area contributed by atoms with Gasteiger partial charge in [-0.2, -0.15) is 0 Å². The van der Waals surface area contributed by atoms with E-state index in [0.29, 0.717) is 24.0 Å². The van der Waals surface area contributed by atoms with Crippen LogP contribution in [0.25, 0.3) is 10.4 Å². The highest BCUT2D eigenvalue weighted by molar-refractivity contribution is 7.15. The molecule has 0 bridgehead atoms. The lowest BCUT2D eigenvalue weighted by Gasteiger charge is -2.25. The highest BCUT2D eigenvalue weighted by Crippen LogP contribution is 2.37. The quantitative estimate of drug-likeness (QED) is 0.866. The molecule has 0 radical (unpaired) electrons. The lowest BCUT2D eigenvalue weighted by Crippen LogP contribution is -2.33. The molecule has 0 aliphatic carbocycles. The number of fused-ring (bicyclic) bond motifs is 1. The Balaban J connectivity index is 2.00. The predicted octanol–water partition coefficient (Wildman–Crippen LogP) is 3.15. The van der Waals surface area contributed by atoms with E-state index in [1.807, 2.05) is 11.0 Å². The second kappa shape index (κ2) is 5.57. The van der Waals surface area contributed by atoms with Crippen LogP contribution in [0.2, 0.25) is 0 Å². The third-order valence-electron chi connectivity index (χ3n) is 4.05. The summed E-state index contributed by atoms with van der Waals surface area (Å²) in [5.41, 5.74) is 3.12. The lowest BCUT2D eigenvalue weighted by molar-refractivity contribution is -0.129. The smallest absolute Gasteiger partial charge is 0.219 e. The van der Waals surface area contributed by atoms with Crippen molar-refractivity contribution in [3.8, 4) is 16.2 Å². The van der Waals surface area contributed by atoms with Gasteiger partial charge in [-0.15, -0.1) is 11.3 Å². The number of carbonyl (C=O) groups excluding carboxylic acids is 2. The highest BCUT2D eigenvalue weighted by atomic mass is 32.1. The number of phenolic OH excluding ortho intramolecular Hbond substituents is 1. The van der Waals surface area contributed by atoms with Crippen LogP contribution >= 0.6 is 11.3 Å². The van der Waals surface area contributed by atoms with Gasteiger partial charge in [0.05, 0.1) is 5.56 Å². The van der Waals surface area contributed by atoms with E-state index in [2.05, 4.69) is 6.07 Å². The molecule has 2 aromatic rings. The molecule has 114 valence electrons. The third-order valence-corrected chi connectivity index (χ3v) is 5.34. The summed E-state index contributed by atoms with van der Waals surface area (Å²) in [4.78, 5) is 26.8. The summed E-state index contributed by atoms with van der Waals surface area (Å²) < 4.78 is 0. The molecule has 0 saturated heterocycles. The van der Waals surface area contributed by atoms with Crippen LogP contribution in [0.5, 0.6) is 5.75 Å². The van der Waals surface area contributed by atoms with E-state index in [-0.39, 0.29) is 11.7 Å². The van der Waals surface area contributed by atoms with Crippen LogP contribution < -0.4 is 0 Å². The van der Waals surface area contributed by atoms with Gasteiger partial charge in [-0.05, 0) is 48.2 Å². The van der Waals surface area contributed by atoms with Crippen LogP contribution in [-0.4, -0.2) is 28.7 Å². The van der Waals surface area contributed by atoms with Crippen LogP contribution in [0.15, 0.2) is 18.2 Å². The van der Waals surface area contributed by atoms with Crippen molar-refractivity contribution in [2.45, 2.75) is 26.8 Å². The third kappa shape index (κ3) is 2.52. The number of carbonyl (C=O) groups is 2. The minimum absolute atomic E-state index is 0.0443. The molecular formula is C17H17NO3S. The summed E-state index contributed by atoms with van der Waals surface area (Å²) in [6.45, 7) is 4.80. The standard InChI is InChI=1S/C17H17NO3S/c1-10-5-12(6-14(9-19)17(10)21)16-7-13-8-18(11(2)20)4-3-15(13)22-16/h5-7,9,21H,3-4,8H2,1-2H3. The zero-order chi connectivity index (χ0) is 15.9. The first-order chi connectivity index (χ1) is 10.5. The van der Waals surface area contributed by atoms with Crippen LogP contribution in [0.4, 0.5) is 0 Å². The van der Waals surface area contributed by atoms with Crippen molar-refractivity contribution in [3.05, 3.63) is 39.8 Å². The number of hydrogen-bond acceptors (Lipinski definition) is 4. The SMILES string of the molecule is CC(=O)N1CCc2sc(-c3cc(C)c(O)c(C=O)c3)cc2C1. The average molecular weight is 315 g/mol. The molecule has 1 aliphatic rings. The molecule has 1 aromatic carbocycles. The zero-order valence-corrected chi connectivity index (χ0v) is 13.4. The van der Waals surface area contributed by atoms with Crippen molar-refractivity contribution >= 4 is 23.5 Å². The predicted molar refractivity (Wildman–Crippen MR) is 86.3 cm³/mol. The second-order valence-corrected chi connectivity index (χ2v) is 6.74.